The standard InChI is InChI=1S/C46H54N4O6/c1-8-32(15-13-30(2)3)35-20-38-26-48-41-24-45(43(54-7)22-39(41)46(52)50(38)28-35)56-18-10-17-55-44-23-40(36(29-51)21-42(44)53-6)47-25-37-19-34(27-49(37)5)33-12-9-11-31(4)14-16-33/h8,13-16,21-30,37-38H,9-12,17-20H2,1-7H3/b15-13-,32-8+,47-25?. The van der Waals surface area contributed by atoms with Crippen LogP contribution in [0.2, 0.25) is 0 Å². The number of nitrogens with zero attached hydrogens (tertiary/aromatic N) is 4. The van der Waals surface area contributed by atoms with Crippen molar-refractivity contribution in [3.8, 4) is 23.0 Å². The summed E-state index contributed by atoms with van der Waals surface area (Å²) in [4.78, 5) is 39.3. The van der Waals surface area contributed by atoms with Gasteiger partial charge in [0.15, 0.2) is 29.3 Å². The SMILES string of the molecule is C/C=C(\C=C/C(C)C)C1=CN2C(=O)c3cc(OC)c(OCCCOc4cc(N=CC5CC(C6=CC=C(C)CCC6)=CN5C)c(C=O)cc4OC)cc3N=CC2C1. The molecule has 2 unspecified atom stereocenters. The molecule has 2 atom stereocenters. The third-order valence-corrected chi connectivity index (χ3v) is 10.5. The summed E-state index contributed by atoms with van der Waals surface area (Å²) in [6.07, 6.45) is 25.0. The summed E-state index contributed by atoms with van der Waals surface area (Å²) in [6, 6.07) is 6.78. The van der Waals surface area contributed by atoms with Gasteiger partial charge in [0.1, 0.15) is 0 Å². The van der Waals surface area contributed by atoms with E-state index in [1.165, 1.54) is 16.7 Å². The molecule has 0 saturated carbocycles. The molecular formula is C46H54N4O6. The van der Waals surface area contributed by atoms with Crippen molar-refractivity contribution < 1.29 is 28.5 Å². The van der Waals surface area contributed by atoms with Crippen molar-refractivity contribution in [1.82, 2.24) is 9.80 Å². The highest BCUT2D eigenvalue weighted by Gasteiger charge is 2.33. The number of benzene rings is 2. The van der Waals surface area contributed by atoms with Gasteiger partial charge in [0.25, 0.3) is 5.91 Å². The number of hydrogen-bond acceptors (Lipinski definition) is 9. The first kappa shape index (κ1) is 40.0. The van der Waals surface area contributed by atoms with Crippen LogP contribution in [0.4, 0.5) is 11.4 Å². The van der Waals surface area contributed by atoms with Gasteiger partial charge in [0.05, 0.1) is 56.5 Å². The molecule has 2 aromatic rings. The Bertz CT molecular complexity index is 2070. The third kappa shape index (κ3) is 9.24. The van der Waals surface area contributed by atoms with Crippen LogP contribution in [0.5, 0.6) is 23.0 Å². The Morgan fingerprint density at radius 3 is 2.43 bits per heavy atom. The maximum atomic E-state index is 13.8. The first-order valence-corrected chi connectivity index (χ1v) is 19.5. The maximum absolute atomic E-state index is 13.8. The minimum atomic E-state index is -0.173. The van der Waals surface area contributed by atoms with Gasteiger partial charge < -0.3 is 28.7 Å². The van der Waals surface area contributed by atoms with Crippen molar-refractivity contribution in [2.45, 2.75) is 78.3 Å². The topological polar surface area (TPSA) is 102 Å². The van der Waals surface area contributed by atoms with E-state index in [-0.39, 0.29) is 18.0 Å². The average molecular weight is 759 g/mol. The fourth-order valence-electron chi connectivity index (χ4n) is 7.26. The lowest BCUT2D eigenvalue weighted by Gasteiger charge is -2.19. The lowest BCUT2D eigenvalue weighted by molar-refractivity contribution is 0.0817. The van der Waals surface area contributed by atoms with Crippen LogP contribution in [-0.4, -0.2) is 81.0 Å². The van der Waals surface area contributed by atoms with Crippen molar-refractivity contribution >= 4 is 36.0 Å². The fourth-order valence-corrected chi connectivity index (χ4v) is 7.26. The van der Waals surface area contributed by atoms with Crippen LogP contribution >= 0.6 is 0 Å². The lowest BCUT2D eigenvalue weighted by atomic mass is 9.98. The Morgan fingerprint density at radius 2 is 1.71 bits per heavy atom. The molecule has 10 heteroatoms. The van der Waals surface area contributed by atoms with Crippen molar-refractivity contribution in [2.75, 3.05) is 34.5 Å². The molecule has 0 saturated heterocycles. The van der Waals surface area contributed by atoms with E-state index in [1.54, 1.807) is 43.4 Å². The van der Waals surface area contributed by atoms with Gasteiger partial charge in [0.2, 0.25) is 0 Å². The fraction of sp³-hybridized carbons (Fsp3) is 0.391. The van der Waals surface area contributed by atoms with Crippen LogP contribution < -0.4 is 18.9 Å². The van der Waals surface area contributed by atoms with Gasteiger partial charge in [-0.25, -0.2) is 0 Å². The maximum Gasteiger partial charge on any atom is 0.260 e. The van der Waals surface area contributed by atoms with Gasteiger partial charge >= 0.3 is 0 Å². The van der Waals surface area contributed by atoms with Crippen LogP contribution in [0, 0.1) is 5.92 Å². The summed E-state index contributed by atoms with van der Waals surface area (Å²) in [5.41, 5.74) is 8.27. The quantitative estimate of drug-likeness (QED) is 0.0772. The molecule has 0 spiro atoms. The van der Waals surface area contributed by atoms with E-state index in [0.717, 1.165) is 43.1 Å². The molecule has 1 amide bonds. The van der Waals surface area contributed by atoms with Crippen LogP contribution in [-0.2, 0) is 0 Å². The summed E-state index contributed by atoms with van der Waals surface area (Å²) in [6.45, 7) is 9.12. The van der Waals surface area contributed by atoms with Gasteiger partial charge in [-0.3, -0.25) is 19.6 Å². The summed E-state index contributed by atoms with van der Waals surface area (Å²) < 4.78 is 23.5. The Morgan fingerprint density at radius 1 is 0.964 bits per heavy atom. The molecule has 294 valence electrons. The van der Waals surface area contributed by atoms with E-state index >= 15 is 0 Å². The van der Waals surface area contributed by atoms with E-state index < -0.39 is 0 Å². The number of ether oxygens (including phenoxy) is 4. The molecule has 0 bridgehead atoms. The highest BCUT2D eigenvalue weighted by atomic mass is 16.5. The number of carbonyl (C=O) groups is 2. The van der Waals surface area contributed by atoms with Crippen LogP contribution in [0.15, 0.2) is 105 Å². The predicted octanol–water partition coefficient (Wildman–Crippen LogP) is 9.68. The van der Waals surface area contributed by atoms with Crippen molar-refractivity contribution in [3.63, 3.8) is 0 Å². The van der Waals surface area contributed by atoms with Gasteiger partial charge in [-0.2, -0.15) is 0 Å². The number of allylic oxidation sites excluding steroid dienone is 8. The first-order chi connectivity index (χ1) is 27.1. The molecule has 56 heavy (non-hydrogen) atoms. The zero-order chi connectivity index (χ0) is 39.8. The Balaban J connectivity index is 1.08. The van der Waals surface area contributed by atoms with Crippen molar-refractivity contribution in [2.24, 2.45) is 15.9 Å². The smallest absolute Gasteiger partial charge is 0.260 e. The third-order valence-electron chi connectivity index (χ3n) is 10.5. The Labute approximate surface area is 331 Å². The zero-order valence-corrected chi connectivity index (χ0v) is 33.7. The number of aliphatic imine (C=N–C) groups is 2. The summed E-state index contributed by atoms with van der Waals surface area (Å²) >= 11 is 0. The molecule has 2 aromatic carbocycles. The van der Waals surface area contributed by atoms with Gasteiger partial charge in [-0.15, -0.1) is 0 Å². The highest BCUT2D eigenvalue weighted by Crippen LogP contribution is 2.40. The molecule has 0 fully saturated rings. The average Bonchev–Trinajstić information content (AvgIpc) is 3.68. The second kappa shape index (κ2) is 18.3. The Hall–Kier alpha value is -5.64. The van der Waals surface area contributed by atoms with E-state index in [2.05, 4.69) is 69.3 Å². The highest BCUT2D eigenvalue weighted by molar-refractivity contribution is 6.04. The number of amides is 1. The minimum absolute atomic E-state index is 0.0754. The summed E-state index contributed by atoms with van der Waals surface area (Å²) in [7, 11) is 5.16. The first-order valence-electron chi connectivity index (χ1n) is 19.5. The van der Waals surface area contributed by atoms with Crippen LogP contribution in [0.1, 0.15) is 86.9 Å². The zero-order valence-electron chi connectivity index (χ0n) is 33.7. The molecule has 0 aromatic heterocycles. The Kier molecular flexibility index (Phi) is 13.1. The normalized spacial score (nSPS) is 19.7. The van der Waals surface area contributed by atoms with Crippen molar-refractivity contribution in [3.05, 3.63) is 106 Å². The summed E-state index contributed by atoms with van der Waals surface area (Å²) in [5.74, 6) is 2.18. The molecule has 0 N–H and O–H groups in total. The molecule has 3 aliphatic heterocycles. The molecular weight excluding hydrogens is 705 g/mol. The molecule has 4 aliphatic rings. The number of carbonyl (C=O) groups excluding carboxylic acids is 2. The molecule has 6 rings (SSSR count). The van der Waals surface area contributed by atoms with Crippen molar-refractivity contribution in [1.29, 1.82) is 0 Å². The van der Waals surface area contributed by atoms with E-state index in [9.17, 15) is 9.59 Å². The van der Waals surface area contributed by atoms with Gasteiger partial charge in [-0.05, 0) is 79.9 Å². The van der Waals surface area contributed by atoms with Gasteiger partial charge in [-0.1, -0.05) is 49.8 Å². The van der Waals surface area contributed by atoms with Crippen LogP contribution in [0.25, 0.3) is 0 Å². The second-order valence-corrected chi connectivity index (χ2v) is 14.9. The molecule has 10 nitrogen and oxygen atoms in total. The number of fused-ring (bicyclic) bond motifs is 2. The lowest BCUT2D eigenvalue weighted by Crippen LogP contribution is -2.32. The number of hydrogen-bond donors (Lipinski definition) is 0. The summed E-state index contributed by atoms with van der Waals surface area (Å²) in [5, 5.41) is 0. The van der Waals surface area contributed by atoms with E-state index in [1.807, 2.05) is 25.6 Å². The van der Waals surface area contributed by atoms with E-state index in [0.29, 0.717) is 77.5 Å². The second-order valence-electron chi connectivity index (χ2n) is 14.9. The molecule has 1 aliphatic carbocycles. The van der Waals surface area contributed by atoms with E-state index in [4.69, 9.17) is 28.9 Å². The van der Waals surface area contributed by atoms with Crippen LogP contribution in [0.3, 0.4) is 0 Å². The largest absolute Gasteiger partial charge is 0.493 e. The monoisotopic (exact) mass is 758 g/mol. The number of aldehydes is 1. The predicted molar refractivity (Wildman–Crippen MR) is 224 cm³/mol. The van der Waals surface area contributed by atoms with Gasteiger partial charge in [0, 0.05) is 62.4 Å². The molecule has 0 radical (unpaired) electrons. The number of rotatable bonds is 15. The molecule has 3 heterocycles. The minimum Gasteiger partial charge on any atom is -0.493 e. The number of methoxy groups -OCH3 is 2.